The zero-order valence-electron chi connectivity index (χ0n) is 5.34. The Bertz CT molecular complexity index is 32.8. The average Bonchev–Trinajstić information content (AvgIpc) is 1.78. The number of nitrogens with zero attached hydrogens (tertiary/aromatic N) is 1. The molecular formula is C4H13NO3. The van der Waals surface area contributed by atoms with Gasteiger partial charge >= 0.3 is 0 Å². The summed E-state index contributed by atoms with van der Waals surface area (Å²) in [6.07, 6.45) is 0. The standard InChI is InChI=1S/C2H3N.2CH4O.H2O/c1-2-3;2*1-2;/h1H3;2*2H,1H3;1H2. The van der Waals surface area contributed by atoms with Crippen LogP contribution < -0.4 is 0 Å². The van der Waals surface area contributed by atoms with Crippen LogP contribution in [0.5, 0.6) is 0 Å². The van der Waals surface area contributed by atoms with Crippen molar-refractivity contribution >= 4 is 0 Å². The van der Waals surface area contributed by atoms with Crippen LogP contribution in [0.2, 0.25) is 0 Å². The fourth-order valence-corrected chi connectivity index (χ4v) is 0. The van der Waals surface area contributed by atoms with Gasteiger partial charge in [0.15, 0.2) is 0 Å². The monoisotopic (exact) mass is 123 g/mol. The summed E-state index contributed by atoms with van der Waals surface area (Å²) in [6, 6.07) is 1.75. The van der Waals surface area contributed by atoms with Crippen molar-refractivity contribution in [2.75, 3.05) is 14.2 Å². The molecule has 0 atom stereocenters. The molecule has 0 aliphatic rings. The SMILES string of the molecule is CC#N.CO.CO.O. The van der Waals surface area contributed by atoms with E-state index in [2.05, 4.69) is 0 Å². The lowest BCUT2D eigenvalue weighted by Crippen LogP contribution is -1.25. The van der Waals surface area contributed by atoms with Gasteiger partial charge in [-0.15, -0.1) is 0 Å². The highest BCUT2D eigenvalue weighted by atomic mass is 16.2. The normalized spacial score (nSPS) is 2.50. The maximum atomic E-state index is 7.32. The lowest BCUT2D eigenvalue weighted by Gasteiger charge is -1.21. The van der Waals surface area contributed by atoms with E-state index in [4.69, 9.17) is 15.5 Å². The van der Waals surface area contributed by atoms with Crippen LogP contribution in [-0.2, 0) is 0 Å². The first kappa shape index (κ1) is 26.3. The molecule has 0 aliphatic heterocycles. The topological polar surface area (TPSA) is 95.8 Å². The molecule has 0 saturated heterocycles. The minimum Gasteiger partial charge on any atom is -0.412 e. The number of aliphatic hydroxyl groups is 2. The van der Waals surface area contributed by atoms with E-state index in [1.807, 2.05) is 0 Å². The van der Waals surface area contributed by atoms with Crippen molar-refractivity contribution in [1.29, 1.82) is 5.26 Å². The van der Waals surface area contributed by atoms with Crippen LogP contribution in [0.3, 0.4) is 0 Å². The van der Waals surface area contributed by atoms with Crippen molar-refractivity contribution < 1.29 is 15.7 Å². The van der Waals surface area contributed by atoms with Gasteiger partial charge < -0.3 is 15.7 Å². The second kappa shape index (κ2) is 1340. The number of aliphatic hydroxyl groups excluding tert-OH is 2. The van der Waals surface area contributed by atoms with Crippen LogP contribution >= 0.6 is 0 Å². The summed E-state index contributed by atoms with van der Waals surface area (Å²) in [4.78, 5) is 0. The van der Waals surface area contributed by atoms with Crippen LogP contribution in [0.15, 0.2) is 0 Å². The van der Waals surface area contributed by atoms with Gasteiger partial charge in [0.1, 0.15) is 0 Å². The molecule has 0 radical (unpaired) electrons. The van der Waals surface area contributed by atoms with E-state index >= 15 is 0 Å². The van der Waals surface area contributed by atoms with Crippen LogP contribution in [0.25, 0.3) is 0 Å². The van der Waals surface area contributed by atoms with Crippen molar-refractivity contribution in [2.24, 2.45) is 0 Å². The lowest BCUT2D eigenvalue weighted by molar-refractivity contribution is 0.399. The molecule has 4 N–H and O–H groups in total. The summed E-state index contributed by atoms with van der Waals surface area (Å²) in [5.74, 6) is 0. The molecular weight excluding hydrogens is 110 g/mol. The Morgan fingerprint density at radius 1 is 1.12 bits per heavy atom. The third kappa shape index (κ3) is 258. The zero-order chi connectivity index (χ0) is 6.71. The summed E-state index contributed by atoms with van der Waals surface area (Å²) in [7, 11) is 2.00. The molecule has 0 bridgehead atoms. The molecule has 0 amide bonds. The zero-order valence-corrected chi connectivity index (χ0v) is 5.34. The highest BCUT2D eigenvalue weighted by Crippen LogP contribution is 1.21. The summed E-state index contributed by atoms with van der Waals surface area (Å²) in [6.45, 7) is 1.43. The Morgan fingerprint density at radius 3 is 1.12 bits per heavy atom. The van der Waals surface area contributed by atoms with E-state index in [1.165, 1.54) is 6.92 Å². The highest BCUT2D eigenvalue weighted by molar-refractivity contribution is 4.51. The highest BCUT2D eigenvalue weighted by Gasteiger charge is 1.17. The molecule has 0 unspecified atom stereocenters. The summed E-state index contributed by atoms with van der Waals surface area (Å²) >= 11 is 0. The predicted octanol–water partition coefficient (Wildman–Crippen LogP) is -1.08. The van der Waals surface area contributed by atoms with Gasteiger partial charge in [-0.3, -0.25) is 0 Å². The van der Waals surface area contributed by atoms with Gasteiger partial charge in [-0.05, 0) is 0 Å². The van der Waals surface area contributed by atoms with Crippen LogP contribution in [-0.4, -0.2) is 29.9 Å². The Hall–Kier alpha value is -0.630. The largest absolute Gasteiger partial charge is 0.412 e. The number of rotatable bonds is 0. The predicted molar refractivity (Wildman–Crippen MR) is 31.2 cm³/mol. The number of hydrogen-bond acceptors (Lipinski definition) is 3. The Labute approximate surface area is 49.3 Å². The molecule has 0 aromatic rings. The number of nitriles is 1. The van der Waals surface area contributed by atoms with E-state index in [9.17, 15) is 0 Å². The van der Waals surface area contributed by atoms with Crippen molar-refractivity contribution in [3.8, 4) is 6.07 Å². The summed E-state index contributed by atoms with van der Waals surface area (Å²) in [5, 5.41) is 21.3. The minimum atomic E-state index is 0. The molecule has 0 aromatic heterocycles. The van der Waals surface area contributed by atoms with Crippen LogP contribution in [0.1, 0.15) is 6.92 Å². The number of hydrogen-bond donors (Lipinski definition) is 2. The average molecular weight is 123 g/mol. The van der Waals surface area contributed by atoms with E-state index in [1.54, 1.807) is 6.07 Å². The molecule has 0 aliphatic carbocycles. The van der Waals surface area contributed by atoms with Crippen molar-refractivity contribution in [3.63, 3.8) is 0 Å². The van der Waals surface area contributed by atoms with Gasteiger partial charge in [-0.1, -0.05) is 0 Å². The Balaban J connectivity index is -0.0000000147. The van der Waals surface area contributed by atoms with Crippen LogP contribution in [0.4, 0.5) is 0 Å². The van der Waals surface area contributed by atoms with Crippen molar-refractivity contribution in [1.82, 2.24) is 0 Å². The quantitative estimate of drug-likeness (QED) is 0.429. The first-order chi connectivity index (χ1) is 3.41. The van der Waals surface area contributed by atoms with Gasteiger partial charge in [-0.2, -0.15) is 5.26 Å². The second-order valence-electron chi connectivity index (χ2n) is 0.224. The van der Waals surface area contributed by atoms with Crippen molar-refractivity contribution in [2.45, 2.75) is 6.92 Å². The molecule has 4 heteroatoms. The fraction of sp³-hybridized carbons (Fsp3) is 0.750. The first-order valence-electron chi connectivity index (χ1n) is 1.62. The lowest BCUT2D eigenvalue weighted by atomic mass is 11.0. The Morgan fingerprint density at radius 2 is 1.12 bits per heavy atom. The summed E-state index contributed by atoms with van der Waals surface area (Å²) in [5.41, 5.74) is 0. The molecule has 0 saturated carbocycles. The van der Waals surface area contributed by atoms with Crippen molar-refractivity contribution in [3.05, 3.63) is 0 Å². The maximum Gasteiger partial charge on any atom is 0.0587 e. The van der Waals surface area contributed by atoms with E-state index in [0.29, 0.717) is 0 Å². The minimum absolute atomic E-state index is 0. The van der Waals surface area contributed by atoms with Gasteiger partial charge in [0.2, 0.25) is 0 Å². The Kier molecular flexibility index (Phi) is 4420. The van der Waals surface area contributed by atoms with Gasteiger partial charge in [0.05, 0.1) is 6.07 Å². The molecule has 0 rings (SSSR count). The van der Waals surface area contributed by atoms with Gasteiger partial charge in [0.25, 0.3) is 0 Å². The molecule has 0 heterocycles. The molecule has 0 aromatic carbocycles. The molecule has 52 valence electrons. The maximum absolute atomic E-state index is 7.32. The second-order valence-corrected chi connectivity index (χ2v) is 0.224. The molecule has 0 spiro atoms. The third-order valence-electron chi connectivity index (χ3n) is 0. The van der Waals surface area contributed by atoms with Crippen LogP contribution in [0, 0.1) is 11.3 Å². The van der Waals surface area contributed by atoms with E-state index in [0.717, 1.165) is 14.2 Å². The smallest absolute Gasteiger partial charge is 0.0587 e. The van der Waals surface area contributed by atoms with E-state index < -0.39 is 0 Å². The molecule has 8 heavy (non-hydrogen) atoms. The summed E-state index contributed by atoms with van der Waals surface area (Å²) < 4.78 is 0. The third-order valence-corrected chi connectivity index (χ3v) is 0. The van der Waals surface area contributed by atoms with E-state index in [-0.39, 0.29) is 5.48 Å². The fourth-order valence-electron chi connectivity index (χ4n) is 0. The first-order valence-corrected chi connectivity index (χ1v) is 1.62. The van der Waals surface area contributed by atoms with Gasteiger partial charge in [0, 0.05) is 21.1 Å². The van der Waals surface area contributed by atoms with Gasteiger partial charge in [-0.25, -0.2) is 0 Å². The molecule has 4 nitrogen and oxygen atoms in total. The molecule has 0 fully saturated rings.